The van der Waals surface area contributed by atoms with Gasteiger partial charge in [-0.1, -0.05) is 12.1 Å². The molecule has 0 saturated carbocycles. The molecule has 1 aliphatic rings. The molecule has 0 heterocycles. The summed E-state index contributed by atoms with van der Waals surface area (Å²) >= 11 is 0. The minimum atomic E-state index is -0.692. The maximum absolute atomic E-state index is 11.7. The number of aromatic hydroxyl groups is 1. The van der Waals surface area contributed by atoms with Crippen LogP contribution in [0.15, 0.2) is 30.3 Å². The molecule has 0 saturated heterocycles. The van der Waals surface area contributed by atoms with Gasteiger partial charge < -0.3 is 5.11 Å². The fraction of sp³-hybridized carbons (Fsp3) is 0.0714. The van der Waals surface area contributed by atoms with Gasteiger partial charge in [-0.05, 0) is 23.6 Å². The Morgan fingerprint density at radius 2 is 1.72 bits per heavy atom. The first-order chi connectivity index (χ1) is 8.58. The van der Waals surface area contributed by atoms with Gasteiger partial charge in [-0.2, -0.15) is 0 Å². The molecule has 18 heavy (non-hydrogen) atoms. The Kier molecular flexibility index (Phi) is 2.07. The minimum Gasteiger partial charge on any atom is -0.507 e. The first-order valence-corrected chi connectivity index (χ1v) is 5.44. The highest BCUT2D eigenvalue weighted by atomic mass is 16.3. The summed E-state index contributed by atoms with van der Waals surface area (Å²) in [5.74, 6) is -1.68. The van der Waals surface area contributed by atoms with E-state index in [4.69, 9.17) is 0 Å². The molecule has 0 unspecified atom stereocenters. The van der Waals surface area contributed by atoms with Crippen molar-refractivity contribution in [2.24, 2.45) is 0 Å². The second-order valence-electron chi connectivity index (χ2n) is 4.25. The SMILES string of the molecule is O=C1CC(=O)c2cc3cccc(O)c3cc2C1=O. The molecule has 1 aliphatic carbocycles. The fourth-order valence-corrected chi connectivity index (χ4v) is 2.20. The molecule has 0 bridgehead atoms. The number of hydrogen-bond acceptors (Lipinski definition) is 4. The van der Waals surface area contributed by atoms with Crippen LogP contribution in [0.25, 0.3) is 10.8 Å². The summed E-state index contributed by atoms with van der Waals surface area (Å²) in [5.41, 5.74) is 0.350. The van der Waals surface area contributed by atoms with E-state index in [2.05, 4.69) is 0 Å². The molecule has 0 atom stereocenters. The summed E-state index contributed by atoms with van der Waals surface area (Å²) in [6.45, 7) is 0. The zero-order valence-corrected chi connectivity index (χ0v) is 9.27. The van der Waals surface area contributed by atoms with E-state index in [-0.39, 0.29) is 29.1 Å². The molecule has 88 valence electrons. The average Bonchev–Trinajstić information content (AvgIpc) is 2.35. The number of rotatable bonds is 0. The third-order valence-electron chi connectivity index (χ3n) is 3.11. The van der Waals surface area contributed by atoms with E-state index in [1.807, 2.05) is 0 Å². The van der Waals surface area contributed by atoms with Crippen LogP contribution in [0.4, 0.5) is 0 Å². The van der Waals surface area contributed by atoms with Crippen molar-refractivity contribution in [1.29, 1.82) is 0 Å². The number of benzene rings is 2. The van der Waals surface area contributed by atoms with Gasteiger partial charge in [0.2, 0.25) is 11.6 Å². The van der Waals surface area contributed by atoms with Crippen molar-refractivity contribution >= 4 is 28.1 Å². The average molecular weight is 240 g/mol. The highest BCUT2D eigenvalue weighted by Crippen LogP contribution is 2.30. The lowest BCUT2D eigenvalue weighted by Crippen LogP contribution is -2.26. The van der Waals surface area contributed by atoms with Crippen molar-refractivity contribution in [3.8, 4) is 5.75 Å². The molecule has 0 amide bonds. The highest BCUT2D eigenvalue weighted by Gasteiger charge is 2.31. The van der Waals surface area contributed by atoms with Crippen molar-refractivity contribution in [1.82, 2.24) is 0 Å². The van der Waals surface area contributed by atoms with Crippen LogP contribution in [-0.2, 0) is 4.79 Å². The Morgan fingerprint density at radius 1 is 0.944 bits per heavy atom. The largest absolute Gasteiger partial charge is 0.507 e. The molecular weight excluding hydrogens is 232 g/mol. The summed E-state index contributed by atoms with van der Waals surface area (Å²) in [6, 6.07) is 7.86. The number of ketones is 3. The quantitative estimate of drug-likeness (QED) is 0.563. The smallest absolute Gasteiger partial charge is 0.229 e. The van der Waals surface area contributed by atoms with Crippen molar-refractivity contribution in [2.45, 2.75) is 6.42 Å². The fourth-order valence-electron chi connectivity index (χ4n) is 2.20. The van der Waals surface area contributed by atoms with E-state index >= 15 is 0 Å². The van der Waals surface area contributed by atoms with Gasteiger partial charge in [-0.25, -0.2) is 0 Å². The summed E-state index contributed by atoms with van der Waals surface area (Å²) < 4.78 is 0. The van der Waals surface area contributed by atoms with Crippen LogP contribution in [0.2, 0.25) is 0 Å². The first kappa shape index (κ1) is 10.7. The topological polar surface area (TPSA) is 71.4 Å². The molecular formula is C14H8O4. The third kappa shape index (κ3) is 1.35. The Bertz CT molecular complexity index is 728. The number of phenols is 1. The van der Waals surface area contributed by atoms with Gasteiger partial charge in [0.25, 0.3) is 0 Å². The maximum Gasteiger partial charge on any atom is 0.229 e. The van der Waals surface area contributed by atoms with Gasteiger partial charge in [0.1, 0.15) is 5.75 Å². The van der Waals surface area contributed by atoms with Crippen LogP contribution in [0.3, 0.4) is 0 Å². The van der Waals surface area contributed by atoms with Crippen molar-refractivity contribution < 1.29 is 19.5 Å². The number of carbonyl (C=O) groups excluding carboxylic acids is 3. The molecule has 0 fully saturated rings. The van der Waals surface area contributed by atoms with E-state index in [0.717, 1.165) is 0 Å². The highest BCUT2D eigenvalue weighted by molar-refractivity contribution is 6.51. The third-order valence-corrected chi connectivity index (χ3v) is 3.11. The summed E-state index contributed by atoms with van der Waals surface area (Å²) in [6.07, 6.45) is -0.365. The predicted molar refractivity (Wildman–Crippen MR) is 63.9 cm³/mol. The minimum absolute atomic E-state index is 0.0218. The summed E-state index contributed by atoms with van der Waals surface area (Å²) in [7, 11) is 0. The lowest BCUT2D eigenvalue weighted by molar-refractivity contribution is -0.114. The Morgan fingerprint density at radius 3 is 2.50 bits per heavy atom. The van der Waals surface area contributed by atoms with Crippen molar-refractivity contribution in [2.75, 3.05) is 0 Å². The Balaban J connectivity index is 2.40. The molecule has 2 aromatic carbocycles. The van der Waals surface area contributed by atoms with Gasteiger partial charge in [-0.3, -0.25) is 14.4 Å². The van der Waals surface area contributed by atoms with Crippen molar-refractivity contribution in [3.05, 3.63) is 41.5 Å². The zero-order chi connectivity index (χ0) is 12.9. The lowest BCUT2D eigenvalue weighted by Gasteiger charge is -2.14. The molecule has 0 aliphatic heterocycles. The van der Waals surface area contributed by atoms with Crippen LogP contribution >= 0.6 is 0 Å². The van der Waals surface area contributed by atoms with Crippen LogP contribution in [0, 0.1) is 0 Å². The number of hydrogen-bond donors (Lipinski definition) is 1. The molecule has 4 nitrogen and oxygen atoms in total. The van der Waals surface area contributed by atoms with Crippen LogP contribution < -0.4 is 0 Å². The normalized spacial score (nSPS) is 15.0. The molecule has 4 heteroatoms. The van der Waals surface area contributed by atoms with Gasteiger partial charge in [0, 0.05) is 16.5 Å². The Labute approximate surface area is 102 Å². The van der Waals surface area contributed by atoms with Gasteiger partial charge >= 0.3 is 0 Å². The van der Waals surface area contributed by atoms with E-state index in [0.29, 0.717) is 10.8 Å². The second-order valence-corrected chi connectivity index (χ2v) is 4.25. The van der Waals surface area contributed by atoms with Crippen LogP contribution in [-0.4, -0.2) is 22.5 Å². The molecule has 2 aromatic rings. The number of Topliss-reactive ketones (excluding diaryl/α,β-unsaturated/α-hetero) is 3. The van der Waals surface area contributed by atoms with E-state index < -0.39 is 11.6 Å². The zero-order valence-electron chi connectivity index (χ0n) is 9.27. The number of carbonyl (C=O) groups is 3. The predicted octanol–water partition coefficient (Wildman–Crippen LogP) is 1.88. The second kappa shape index (κ2) is 3.50. The summed E-state index contributed by atoms with van der Waals surface area (Å²) in [5, 5.41) is 10.8. The van der Waals surface area contributed by atoms with Crippen molar-refractivity contribution in [3.63, 3.8) is 0 Å². The molecule has 1 N–H and O–H groups in total. The monoisotopic (exact) mass is 240 g/mol. The lowest BCUT2D eigenvalue weighted by atomic mass is 9.86. The van der Waals surface area contributed by atoms with Gasteiger partial charge in [-0.15, -0.1) is 0 Å². The number of phenolic OH excluding ortho intramolecular Hbond substituents is 1. The van der Waals surface area contributed by atoms with Gasteiger partial charge in [0.05, 0.1) is 6.42 Å². The summed E-state index contributed by atoms with van der Waals surface area (Å²) in [4.78, 5) is 34.8. The first-order valence-electron chi connectivity index (χ1n) is 5.44. The standard InChI is InChI=1S/C14H8O4/c15-11-3-1-2-7-4-9-10(5-8(7)11)14(18)13(17)6-12(9)16/h1-5,15H,6H2. The molecule has 0 aromatic heterocycles. The number of fused-ring (bicyclic) bond motifs is 2. The molecule has 3 rings (SSSR count). The van der Waals surface area contributed by atoms with E-state index in [1.54, 1.807) is 18.2 Å². The van der Waals surface area contributed by atoms with Gasteiger partial charge in [0.15, 0.2) is 5.78 Å². The Hall–Kier alpha value is -2.49. The maximum atomic E-state index is 11.7. The van der Waals surface area contributed by atoms with Crippen LogP contribution in [0.5, 0.6) is 5.75 Å². The molecule has 0 spiro atoms. The van der Waals surface area contributed by atoms with E-state index in [9.17, 15) is 19.5 Å². The molecule has 0 radical (unpaired) electrons. The van der Waals surface area contributed by atoms with Crippen LogP contribution in [0.1, 0.15) is 27.1 Å². The van der Waals surface area contributed by atoms with E-state index in [1.165, 1.54) is 12.1 Å².